The maximum atomic E-state index is 12.0. The minimum atomic E-state index is -0.300. The first-order valence-electron chi connectivity index (χ1n) is 10.6. The molecule has 0 unspecified atom stereocenters. The first-order chi connectivity index (χ1) is 15.5. The molecule has 4 rings (SSSR count). The van der Waals surface area contributed by atoms with E-state index in [1.54, 1.807) is 25.6 Å². The molecule has 2 aliphatic rings. The smallest absolute Gasteiger partial charge is 0.240 e. The first-order valence-corrected chi connectivity index (χ1v) is 11.4. The van der Waals surface area contributed by atoms with Crippen LogP contribution in [0, 0.1) is 0 Å². The number of hydrogen-bond donors (Lipinski definition) is 1. The number of anilines is 1. The zero-order chi connectivity index (χ0) is 22.7. The van der Waals surface area contributed by atoms with Crippen LogP contribution in [0.2, 0.25) is 0 Å². The lowest BCUT2D eigenvalue weighted by Gasteiger charge is -2.34. The van der Waals surface area contributed by atoms with Crippen molar-refractivity contribution in [3.63, 3.8) is 0 Å². The van der Waals surface area contributed by atoms with E-state index < -0.39 is 0 Å². The molecule has 0 radical (unpaired) electrons. The molecule has 172 valence electrons. The number of carbonyl (C=O) groups excluding carboxylic acids is 3. The molecule has 2 aromatic rings. The van der Waals surface area contributed by atoms with Gasteiger partial charge in [-0.25, -0.2) is 4.98 Å². The number of nitrogens with zero attached hydrogens (tertiary/aromatic N) is 4. The van der Waals surface area contributed by atoms with Gasteiger partial charge < -0.3 is 19.7 Å². The predicted octanol–water partition coefficient (Wildman–Crippen LogP) is 0.701. The summed E-state index contributed by atoms with van der Waals surface area (Å²) in [5.74, 6) is 0.479. The molecule has 32 heavy (non-hydrogen) atoms. The Hall–Kier alpha value is -2.92. The first kappa shape index (κ1) is 22.3. The molecule has 0 atom stereocenters. The summed E-state index contributed by atoms with van der Waals surface area (Å²) in [4.78, 5) is 45.6. The van der Waals surface area contributed by atoms with Gasteiger partial charge in [0.2, 0.25) is 17.7 Å². The number of fused-ring (bicyclic) bond motifs is 1. The zero-order valence-electron chi connectivity index (χ0n) is 18.3. The molecule has 1 aromatic heterocycles. The maximum Gasteiger partial charge on any atom is 0.240 e. The van der Waals surface area contributed by atoms with E-state index in [0.29, 0.717) is 24.6 Å². The molecule has 1 aromatic carbocycles. The number of amides is 3. The highest BCUT2D eigenvalue weighted by Crippen LogP contribution is 2.40. The van der Waals surface area contributed by atoms with E-state index in [1.165, 1.54) is 0 Å². The van der Waals surface area contributed by atoms with Crippen molar-refractivity contribution < 1.29 is 23.9 Å². The maximum absolute atomic E-state index is 12.0. The van der Waals surface area contributed by atoms with Gasteiger partial charge >= 0.3 is 0 Å². The molecule has 3 heterocycles. The second-order valence-electron chi connectivity index (χ2n) is 7.70. The molecule has 2 fully saturated rings. The predicted molar refractivity (Wildman–Crippen MR) is 120 cm³/mol. The number of carbonyl (C=O) groups is 3. The van der Waals surface area contributed by atoms with Crippen molar-refractivity contribution in [2.45, 2.75) is 12.8 Å². The Morgan fingerprint density at radius 3 is 2.47 bits per heavy atom. The fourth-order valence-electron chi connectivity index (χ4n) is 3.95. The number of ether oxygens (including phenoxy) is 2. The Kier molecular flexibility index (Phi) is 6.75. The van der Waals surface area contributed by atoms with Crippen molar-refractivity contribution in [3.8, 4) is 11.5 Å². The SMILES string of the molecule is COc1ccc2sc(N3CCN(CCNC(=O)CN4C(=O)CCC4=O)CC3)nc2c1OC. The Balaban J connectivity index is 1.25. The summed E-state index contributed by atoms with van der Waals surface area (Å²) in [5.41, 5.74) is 0.812. The monoisotopic (exact) mass is 461 g/mol. The highest BCUT2D eigenvalue weighted by atomic mass is 32.1. The quantitative estimate of drug-likeness (QED) is 0.573. The molecule has 0 saturated carbocycles. The molecule has 0 bridgehead atoms. The minimum Gasteiger partial charge on any atom is -0.493 e. The van der Waals surface area contributed by atoms with Gasteiger partial charge in [-0.2, -0.15) is 0 Å². The van der Waals surface area contributed by atoms with Crippen molar-refractivity contribution >= 4 is 44.4 Å². The van der Waals surface area contributed by atoms with E-state index in [9.17, 15) is 14.4 Å². The third-order valence-corrected chi connectivity index (χ3v) is 6.82. The van der Waals surface area contributed by atoms with E-state index in [4.69, 9.17) is 14.5 Å². The molecule has 10 nitrogen and oxygen atoms in total. The largest absolute Gasteiger partial charge is 0.493 e. The number of aromatic nitrogens is 1. The van der Waals surface area contributed by atoms with Crippen LogP contribution < -0.4 is 19.7 Å². The molecule has 3 amide bonds. The van der Waals surface area contributed by atoms with Crippen molar-refractivity contribution in [1.29, 1.82) is 0 Å². The van der Waals surface area contributed by atoms with E-state index in [2.05, 4.69) is 15.1 Å². The molecule has 11 heteroatoms. The van der Waals surface area contributed by atoms with Crippen LogP contribution >= 0.6 is 11.3 Å². The number of likely N-dealkylation sites (tertiary alicyclic amines) is 1. The number of thiazole rings is 1. The molecular formula is C21H27N5O5S. The van der Waals surface area contributed by atoms with Gasteiger partial charge in [-0.05, 0) is 12.1 Å². The average Bonchev–Trinajstić information content (AvgIpc) is 3.37. The summed E-state index contributed by atoms with van der Waals surface area (Å²) in [5, 5.41) is 3.76. The van der Waals surface area contributed by atoms with Crippen LogP contribution in [0.5, 0.6) is 11.5 Å². The van der Waals surface area contributed by atoms with E-state index in [-0.39, 0.29) is 37.1 Å². The highest BCUT2D eigenvalue weighted by molar-refractivity contribution is 7.22. The third-order valence-electron chi connectivity index (χ3n) is 5.74. The van der Waals surface area contributed by atoms with Gasteiger partial charge in [0, 0.05) is 52.1 Å². The second kappa shape index (κ2) is 9.70. The summed E-state index contributed by atoms with van der Waals surface area (Å²) >= 11 is 1.63. The Labute approximate surface area is 190 Å². The lowest BCUT2D eigenvalue weighted by molar-refractivity contribution is -0.142. The Morgan fingerprint density at radius 1 is 1.09 bits per heavy atom. The molecular weight excluding hydrogens is 434 g/mol. The number of imide groups is 1. The lowest BCUT2D eigenvalue weighted by atomic mass is 10.3. The number of hydrogen-bond acceptors (Lipinski definition) is 9. The van der Waals surface area contributed by atoms with Crippen LogP contribution in [-0.4, -0.2) is 92.5 Å². The molecule has 2 aliphatic heterocycles. The van der Waals surface area contributed by atoms with Crippen LogP contribution in [0.4, 0.5) is 5.13 Å². The van der Waals surface area contributed by atoms with Gasteiger partial charge in [-0.3, -0.25) is 24.2 Å². The Bertz CT molecular complexity index is 1000. The van der Waals surface area contributed by atoms with Crippen molar-refractivity contribution in [2.24, 2.45) is 0 Å². The average molecular weight is 462 g/mol. The molecule has 0 aliphatic carbocycles. The summed E-state index contributed by atoms with van der Waals surface area (Å²) in [6.07, 6.45) is 0.400. The highest BCUT2D eigenvalue weighted by Gasteiger charge is 2.30. The number of rotatable bonds is 8. The van der Waals surface area contributed by atoms with Gasteiger partial charge in [-0.1, -0.05) is 11.3 Å². The summed E-state index contributed by atoms with van der Waals surface area (Å²) in [6.45, 7) is 4.40. The normalized spacial score (nSPS) is 17.3. The molecule has 1 N–H and O–H groups in total. The van der Waals surface area contributed by atoms with Crippen LogP contribution in [0.15, 0.2) is 12.1 Å². The summed E-state index contributed by atoms with van der Waals surface area (Å²) in [6, 6.07) is 3.89. The van der Waals surface area contributed by atoms with E-state index >= 15 is 0 Å². The van der Waals surface area contributed by atoms with Crippen molar-refractivity contribution in [2.75, 3.05) is 64.9 Å². The fourth-order valence-corrected chi connectivity index (χ4v) is 4.96. The third kappa shape index (κ3) is 4.63. The van der Waals surface area contributed by atoms with Gasteiger partial charge in [-0.15, -0.1) is 0 Å². The number of nitrogens with one attached hydrogen (secondary N) is 1. The van der Waals surface area contributed by atoms with Crippen molar-refractivity contribution in [3.05, 3.63) is 12.1 Å². The van der Waals surface area contributed by atoms with Crippen molar-refractivity contribution in [1.82, 2.24) is 20.1 Å². The van der Waals surface area contributed by atoms with Crippen LogP contribution in [0.3, 0.4) is 0 Å². The Morgan fingerprint density at radius 2 is 1.81 bits per heavy atom. The molecule has 0 spiro atoms. The topological polar surface area (TPSA) is 104 Å². The second-order valence-corrected chi connectivity index (χ2v) is 8.71. The summed E-state index contributed by atoms with van der Waals surface area (Å²) in [7, 11) is 3.23. The minimum absolute atomic E-state index is 0.183. The van der Waals surface area contributed by atoms with Crippen LogP contribution in [0.25, 0.3) is 10.2 Å². The standard InChI is InChI=1S/C21H27N5O5S/c1-30-14-3-4-15-19(20(14)31-2)23-21(32-15)25-11-9-24(10-12-25)8-7-22-16(27)13-26-17(28)5-6-18(26)29/h3-4H,5-13H2,1-2H3,(H,22,27). The van der Waals surface area contributed by atoms with E-state index in [1.807, 2.05) is 12.1 Å². The number of piperazine rings is 1. The number of methoxy groups -OCH3 is 2. The lowest BCUT2D eigenvalue weighted by Crippen LogP contribution is -2.49. The van der Waals surface area contributed by atoms with Gasteiger partial charge in [0.05, 0.1) is 18.9 Å². The molecule has 2 saturated heterocycles. The fraction of sp³-hybridized carbons (Fsp3) is 0.524. The number of benzene rings is 1. The van der Waals surface area contributed by atoms with Gasteiger partial charge in [0.1, 0.15) is 12.1 Å². The van der Waals surface area contributed by atoms with Crippen LogP contribution in [-0.2, 0) is 14.4 Å². The summed E-state index contributed by atoms with van der Waals surface area (Å²) < 4.78 is 11.9. The van der Waals surface area contributed by atoms with Gasteiger partial charge in [0.25, 0.3) is 0 Å². The van der Waals surface area contributed by atoms with Crippen LogP contribution in [0.1, 0.15) is 12.8 Å². The van der Waals surface area contributed by atoms with E-state index in [0.717, 1.165) is 46.4 Å². The van der Waals surface area contributed by atoms with Gasteiger partial charge in [0.15, 0.2) is 16.6 Å². The zero-order valence-corrected chi connectivity index (χ0v) is 19.1.